The molecule has 0 saturated carbocycles. The molecule has 0 aromatic rings. The average Bonchev–Trinajstić information content (AvgIpc) is 1.80. The van der Waals surface area contributed by atoms with Gasteiger partial charge in [-0.25, -0.2) is 0 Å². The monoisotopic (exact) mass is 187 g/mol. The second kappa shape index (κ2) is 3.97. The standard InChI is InChI=1S/C11H25NO/c1-9(13)8-11(5,6)12(7)10(2,3)4/h9,13H,8H2,1-7H3. The first-order valence-corrected chi connectivity index (χ1v) is 4.99. The molecule has 2 heteroatoms. The van der Waals surface area contributed by atoms with Crippen molar-refractivity contribution in [2.75, 3.05) is 7.05 Å². The smallest absolute Gasteiger partial charge is 0.0529 e. The maximum absolute atomic E-state index is 9.38. The number of hydrogen-bond donors (Lipinski definition) is 1. The Hall–Kier alpha value is -0.0800. The Morgan fingerprint density at radius 1 is 1.15 bits per heavy atom. The first kappa shape index (κ1) is 12.9. The maximum atomic E-state index is 9.38. The van der Waals surface area contributed by atoms with E-state index in [1.165, 1.54) is 0 Å². The molecule has 0 aliphatic rings. The van der Waals surface area contributed by atoms with Crippen molar-refractivity contribution in [1.29, 1.82) is 0 Å². The van der Waals surface area contributed by atoms with Gasteiger partial charge < -0.3 is 5.11 Å². The molecule has 0 bridgehead atoms. The van der Waals surface area contributed by atoms with Gasteiger partial charge in [0.25, 0.3) is 0 Å². The number of nitrogens with zero attached hydrogens (tertiary/aromatic N) is 1. The van der Waals surface area contributed by atoms with Crippen LogP contribution >= 0.6 is 0 Å². The van der Waals surface area contributed by atoms with Crippen molar-refractivity contribution >= 4 is 0 Å². The SMILES string of the molecule is CC(O)CC(C)(C)N(C)C(C)(C)C. The lowest BCUT2D eigenvalue weighted by Gasteiger charge is -2.45. The fourth-order valence-corrected chi connectivity index (χ4v) is 1.77. The van der Waals surface area contributed by atoms with Crippen LogP contribution in [0.5, 0.6) is 0 Å². The normalized spacial score (nSPS) is 16.4. The van der Waals surface area contributed by atoms with Gasteiger partial charge in [0.2, 0.25) is 0 Å². The zero-order valence-electron chi connectivity index (χ0n) is 10.2. The molecule has 0 aromatic heterocycles. The molecular weight excluding hydrogens is 162 g/mol. The molecular formula is C11H25NO. The van der Waals surface area contributed by atoms with Crippen molar-refractivity contribution in [3.63, 3.8) is 0 Å². The highest BCUT2D eigenvalue weighted by molar-refractivity contribution is 4.88. The highest BCUT2D eigenvalue weighted by Crippen LogP contribution is 2.26. The predicted molar refractivity (Wildman–Crippen MR) is 57.9 cm³/mol. The molecule has 80 valence electrons. The molecule has 0 spiro atoms. The van der Waals surface area contributed by atoms with Crippen molar-refractivity contribution < 1.29 is 5.11 Å². The maximum Gasteiger partial charge on any atom is 0.0529 e. The Balaban J connectivity index is 4.45. The average molecular weight is 187 g/mol. The van der Waals surface area contributed by atoms with Gasteiger partial charge in [-0.05, 0) is 55.0 Å². The van der Waals surface area contributed by atoms with E-state index >= 15 is 0 Å². The van der Waals surface area contributed by atoms with Crippen LogP contribution in [0.3, 0.4) is 0 Å². The molecule has 1 unspecified atom stereocenters. The van der Waals surface area contributed by atoms with Crippen LogP contribution in [-0.2, 0) is 0 Å². The van der Waals surface area contributed by atoms with Gasteiger partial charge in [-0.3, -0.25) is 4.90 Å². The zero-order valence-corrected chi connectivity index (χ0v) is 10.2. The molecule has 1 N–H and O–H groups in total. The number of rotatable bonds is 3. The van der Waals surface area contributed by atoms with Crippen molar-refractivity contribution in [2.24, 2.45) is 0 Å². The van der Waals surface area contributed by atoms with E-state index in [1.807, 2.05) is 6.92 Å². The highest BCUT2D eigenvalue weighted by atomic mass is 16.3. The minimum atomic E-state index is -0.236. The molecule has 0 rings (SSSR count). The van der Waals surface area contributed by atoms with Gasteiger partial charge in [-0.1, -0.05) is 0 Å². The third-order valence-corrected chi connectivity index (χ3v) is 2.71. The largest absolute Gasteiger partial charge is 0.393 e. The summed E-state index contributed by atoms with van der Waals surface area (Å²) in [4.78, 5) is 2.31. The molecule has 13 heavy (non-hydrogen) atoms. The summed E-state index contributed by atoms with van der Waals surface area (Å²) in [5, 5.41) is 9.38. The molecule has 0 aliphatic heterocycles. The second-order valence-corrected chi connectivity index (χ2v) is 5.60. The molecule has 0 aromatic carbocycles. The predicted octanol–water partition coefficient (Wildman–Crippen LogP) is 2.27. The third kappa shape index (κ3) is 4.10. The van der Waals surface area contributed by atoms with Crippen LogP contribution < -0.4 is 0 Å². The van der Waals surface area contributed by atoms with Crippen molar-refractivity contribution in [2.45, 2.75) is 65.1 Å². The summed E-state index contributed by atoms with van der Waals surface area (Å²) >= 11 is 0. The van der Waals surface area contributed by atoms with Crippen LogP contribution in [0.2, 0.25) is 0 Å². The summed E-state index contributed by atoms with van der Waals surface area (Å²) in [5.41, 5.74) is 0.199. The van der Waals surface area contributed by atoms with Gasteiger partial charge in [0.1, 0.15) is 0 Å². The second-order valence-electron chi connectivity index (χ2n) is 5.60. The summed E-state index contributed by atoms with van der Waals surface area (Å²) in [5.74, 6) is 0. The van der Waals surface area contributed by atoms with Crippen molar-refractivity contribution in [3.8, 4) is 0 Å². The number of aliphatic hydroxyl groups is 1. The third-order valence-electron chi connectivity index (χ3n) is 2.71. The lowest BCUT2D eigenvalue weighted by atomic mass is 9.90. The molecule has 0 fully saturated rings. The first-order chi connectivity index (χ1) is 5.57. The van der Waals surface area contributed by atoms with Crippen LogP contribution in [0.15, 0.2) is 0 Å². The number of hydrogen-bond acceptors (Lipinski definition) is 2. The van der Waals surface area contributed by atoms with Crippen molar-refractivity contribution in [1.82, 2.24) is 4.90 Å². The summed E-state index contributed by atoms with van der Waals surface area (Å²) in [6, 6.07) is 0. The summed E-state index contributed by atoms with van der Waals surface area (Å²) in [6.07, 6.45) is 0.570. The van der Waals surface area contributed by atoms with E-state index in [1.54, 1.807) is 0 Å². The molecule has 1 atom stereocenters. The summed E-state index contributed by atoms with van der Waals surface area (Å²) < 4.78 is 0. The van der Waals surface area contributed by atoms with E-state index in [0.29, 0.717) is 0 Å². The van der Waals surface area contributed by atoms with Crippen LogP contribution in [0, 0.1) is 0 Å². The van der Waals surface area contributed by atoms with Gasteiger partial charge in [-0.2, -0.15) is 0 Å². The fraction of sp³-hybridized carbons (Fsp3) is 1.00. The Kier molecular flexibility index (Phi) is 3.95. The quantitative estimate of drug-likeness (QED) is 0.732. The van der Waals surface area contributed by atoms with E-state index in [2.05, 4.69) is 46.6 Å². The molecule has 0 radical (unpaired) electrons. The zero-order chi connectivity index (χ0) is 10.9. The van der Waals surface area contributed by atoms with Gasteiger partial charge in [0.15, 0.2) is 0 Å². The van der Waals surface area contributed by atoms with Gasteiger partial charge in [-0.15, -0.1) is 0 Å². The van der Waals surface area contributed by atoms with E-state index in [-0.39, 0.29) is 17.2 Å². The Labute approximate surface area is 82.9 Å². The Morgan fingerprint density at radius 3 is 1.77 bits per heavy atom. The van der Waals surface area contributed by atoms with Crippen molar-refractivity contribution in [3.05, 3.63) is 0 Å². The molecule has 0 saturated heterocycles. The number of aliphatic hydroxyl groups excluding tert-OH is 1. The van der Waals surface area contributed by atoms with E-state index < -0.39 is 0 Å². The Morgan fingerprint density at radius 2 is 1.54 bits per heavy atom. The first-order valence-electron chi connectivity index (χ1n) is 4.99. The summed E-state index contributed by atoms with van der Waals surface area (Å²) in [7, 11) is 2.11. The lowest BCUT2D eigenvalue weighted by Crippen LogP contribution is -2.52. The fourth-order valence-electron chi connectivity index (χ4n) is 1.77. The molecule has 0 aliphatic carbocycles. The van der Waals surface area contributed by atoms with Gasteiger partial charge in [0.05, 0.1) is 6.10 Å². The van der Waals surface area contributed by atoms with Crippen LogP contribution in [0.25, 0.3) is 0 Å². The minimum Gasteiger partial charge on any atom is -0.393 e. The van der Waals surface area contributed by atoms with E-state index in [4.69, 9.17) is 0 Å². The topological polar surface area (TPSA) is 23.5 Å². The molecule has 0 amide bonds. The van der Waals surface area contributed by atoms with Crippen LogP contribution in [-0.4, -0.2) is 34.2 Å². The van der Waals surface area contributed by atoms with E-state index in [0.717, 1.165) is 6.42 Å². The summed E-state index contributed by atoms with van der Waals surface area (Å²) in [6.45, 7) is 12.8. The van der Waals surface area contributed by atoms with Gasteiger partial charge >= 0.3 is 0 Å². The van der Waals surface area contributed by atoms with Crippen LogP contribution in [0.4, 0.5) is 0 Å². The highest BCUT2D eigenvalue weighted by Gasteiger charge is 2.32. The molecule has 2 nitrogen and oxygen atoms in total. The van der Waals surface area contributed by atoms with Crippen LogP contribution in [0.1, 0.15) is 48.0 Å². The van der Waals surface area contributed by atoms with Gasteiger partial charge in [0, 0.05) is 11.1 Å². The lowest BCUT2D eigenvalue weighted by molar-refractivity contribution is 0.0197. The molecule has 0 heterocycles. The Bertz CT molecular complexity index is 156. The minimum absolute atomic E-state index is 0.0480. The van der Waals surface area contributed by atoms with E-state index in [9.17, 15) is 5.11 Å².